The van der Waals surface area contributed by atoms with E-state index in [9.17, 15) is 13.2 Å². The van der Waals surface area contributed by atoms with Gasteiger partial charge in [-0.25, -0.2) is 13.2 Å². The van der Waals surface area contributed by atoms with Crippen molar-refractivity contribution < 1.29 is 17.9 Å². The summed E-state index contributed by atoms with van der Waals surface area (Å²) in [7, 11) is -3.86. The second-order valence-electron chi connectivity index (χ2n) is 5.13. The second-order valence-corrected chi connectivity index (χ2v) is 7.71. The van der Waals surface area contributed by atoms with Crippen molar-refractivity contribution in [3.05, 3.63) is 58.1 Å². The van der Waals surface area contributed by atoms with Crippen LogP contribution in [0, 0.1) is 6.92 Å². The monoisotopic (exact) mass is 387 g/mol. The van der Waals surface area contributed by atoms with Gasteiger partial charge in [0.1, 0.15) is 11.8 Å². The SMILES string of the molecule is Cc1cc(Cl)ccc1OC(=O)[C@H](C)NS(=O)(=O)c1ccc(Cl)cc1. The van der Waals surface area contributed by atoms with Crippen molar-refractivity contribution in [2.75, 3.05) is 0 Å². The zero-order valence-corrected chi connectivity index (χ0v) is 15.2. The first-order valence-corrected chi connectivity index (χ1v) is 9.19. The predicted molar refractivity (Wildman–Crippen MR) is 93.1 cm³/mol. The highest BCUT2D eigenvalue weighted by molar-refractivity contribution is 7.89. The molecule has 0 aliphatic heterocycles. The van der Waals surface area contributed by atoms with Crippen LogP contribution in [0.2, 0.25) is 10.0 Å². The first-order valence-electron chi connectivity index (χ1n) is 6.95. The summed E-state index contributed by atoms with van der Waals surface area (Å²) in [5.41, 5.74) is 0.670. The number of carbonyl (C=O) groups is 1. The third-order valence-corrected chi connectivity index (χ3v) is 5.20. The largest absolute Gasteiger partial charge is 0.425 e. The van der Waals surface area contributed by atoms with E-state index < -0.39 is 22.0 Å². The molecule has 0 spiro atoms. The van der Waals surface area contributed by atoms with Crippen molar-refractivity contribution in [3.63, 3.8) is 0 Å². The van der Waals surface area contributed by atoms with Crippen molar-refractivity contribution in [1.29, 1.82) is 0 Å². The number of halogens is 2. The van der Waals surface area contributed by atoms with Gasteiger partial charge < -0.3 is 4.74 Å². The summed E-state index contributed by atoms with van der Waals surface area (Å²) in [4.78, 5) is 12.1. The number of ether oxygens (including phenoxy) is 1. The van der Waals surface area contributed by atoms with Gasteiger partial charge >= 0.3 is 5.97 Å². The molecule has 24 heavy (non-hydrogen) atoms. The molecule has 2 aromatic rings. The van der Waals surface area contributed by atoms with Crippen LogP contribution in [0.4, 0.5) is 0 Å². The number of benzene rings is 2. The quantitative estimate of drug-likeness (QED) is 0.628. The molecule has 1 atom stereocenters. The molecule has 8 heteroatoms. The molecule has 0 radical (unpaired) electrons. The van der Waals surface area contributed by atoms with Crippen LogP contribution in [0.3, 0.4) is 0 Å². The van der Waals surface area contributed by atoms with Crippen molar-refractivity contribution in [3.8, 4) is 5.75 Å². The fourth-order valence-electron chi connectivity index (χ4n) is 1.89. The average Bonchev–Trinajstić information content (AvgIpc) is 2.50. The molecule has 0 aliphatic rings. The number of esters is 1. The third kappa shape index (κ3) is 4.70. The maximum Gasteiger partial charge on any atom is 0.329 e. The molecule has 0 saturated carbocycles. The Hall–Kier alpha value is -1.60. The third-order valence-electron chi connectivity index (χ3n) is 3.16. The van der Waals surface area contributed by atoms with E-state index in [4.69, 9.17) is 27.9 Å². The molecule has 0 aliphatic carbocycles. The Balaban J connectivity index is 2.09. The van der Waals surface area contributed by atoms with Gasteiger partial charge in [0, 0.05) is 10.0 Å². The van der Waals surface area contributed by atoms with Crippen molar-refractivity contribution >= 4 is 39.2 Å². The molecule has 2 aromatic carbocycles. The van der Waals surface area contributed by atoms with Gasteiger partial charge in [0.05, 0.1) is 4.90 Å². The van der Waals surface area contributed by atoms with Gasteiger partial charge in [-0.05, 0) is 61.9 Å². The lowest BCUT2D eigenvalue weighted by Gasteiger charge is -2.14. The Morgan fingerprint density at radius 3 is 2.25 bits per heavy atom. The Morgan fingerprint density at radius 1 is 1.08 bits per heavy atom. The number of hydrogen-bond donors (Lipinski definition) is 1. The molecular weight excluding hydrogens is 373 g/mol. The van der Waals surface area contributed by atoms with Gasteiger partial charge in [-0.15, -0.1) is 0 Å². The summed E-state index contributed by atoms with van der Waals surface area (Å²) in [6.45, 7) is 3.14. The minimum Gasteiger partial charge on any atom is -0.425 e. The van der Waals surface area contributed by atoms with Gasteiger partial charge in [-0.2, -0.15) is 4.72 Å². The number of nitrogens with one attached hydrogen (secondary N) is 1. The zero-order chi connectivity index (χ0) is 17.9. The summed E-state index contributed by atoms with van der Waals surface area (Å²) < 4.78 is 32.0. The second kappa shape index (κ2) is 7.53. The van der Waals surface area contributed by atoms with Crippen molar-refractivity contribution in [2.24, 2.45) is 0 Å². The average molecular weight is 388 g/mol. The maximum absolute atomic E-state index is 12.2. The molecule has 2 rings (SSSR count). The summed E-state index contributed by atoms with van der Waals surface area (Å²) >= 11 is 11.6. The minimum absolute atomic E-state index is 0.00854. The van der Waals surface area contributed by atoms with Crippen LogP contribution in [0.5, 0.6) is 5.75 Å². The Labute approximate surface area is 150 Å². The normalized spacial score (nSPS) is 12.7. The van der Waals surface area contributed by atoms with E-state index in [0.29, 0.717) is 21.4 Å². The van der Waals surface area contributed by atoms with E-state index in [-0.39, 0.29) is 4.90 Å². The van der Waals surface area contributed by atoms with Crippen LogP contribution in [-0.2, 0) is 14.8 Å². The highest BCUT2D eigenvalue weighted by Gasteiger charge is 2.24. The Morgan fingerprint density at radius 2 is 1.67 bits per heavy atom. The smallest absolute Gasteiger partial charge is 0.329 e. The van der Waals surface area contributed by atoms with Gasteiger partial charge in [0.2, 0.25) is 10.0 Å². The Kier molecular flexibility index (Phi) is 5.87. The van der Waals surface area contributed by atoms with Gasteiger partial charge in [-0.3, -0.25) is 0 Å². The van der Waals surface area contributed by atoms with Crippen LogP contribution in [-0.4, -0.2) is 20.4 Å². The molecule has 0 heterocycles. The van der Waals surface area contributed by atoms with E-state index in [0.717, 1.165) is 0 Å². The lowest BCUT2D eigenvalue weighted by atomic mass is 10.2. The standard InChI is InChI=1S/C16H15Cl2NO4S/c1-10-9-13(18)5-8-15(10)23-16(20)11(2)19-24(21,22)14-6-3-12(17)4-7-14/h3-9,11,19H,1-2H3/t11-/m0/s1. The van der Waals surface area contributed by atoms with Crippen LogP contribution in [0.25, 0.3) is 0 Å². The molecule has 128 valence electrons. The first-order chi connectivity index (χ1) is 11.2. The molecule has 0 saturated heterocycles. The lowest BCUT2D eigenvalue weighted by molar-refractivity contribution is -0.135. The van der Waals surface area contributed by atoms with Crippen LogP contribution < -0.4 is 9.46 Å². The van der Waals surface area contributed by atoms with E-state index in [1.165, 1.54) is 31.2 Å². The van der Waals surface area contributed by atoms with Gasteiger partial charge in [0.15, 0.2) is 0 Å². The molecule has 0 bridgehead atoms. The zero-order valence-electron chi connectivity index (χ0n) is 12.9. The van der Waals surface area contributed by atoms with E-state index in [1.54, 1.807) is 25.1 Å². The molecule has 5 nitrogen and oxygen atoms in total. The first kappa shape index (κ1) is 18.7. The molecule has 0 fully saturated rings. The number of aryl methyl sites for hydroxylation is 1. The molecule has 1 N–H and O–H groups in total. The summed E-state index contributed by atoms with van der Waals surface area (Å²) in [5.74, 6) is -0.403. The molecule has 0 unspecified atom stereocenters. The fraction of sp³-hybridized carbons (Fsp3) is 0.188. The number of sulfonamides is 1. The maximum atomic E-state index is 12.2. The highest BCUT2D eigenvalue weighted by atomic mass is 35.5. The number of carbonyl (C=O) groups excluding carboxylic acids is 1. The molecule has 0 aromatic heterocycles. The molecular formula is C16H15Cl2NO4S. The van der Waals surface area contributed by atoms with E-state index in [2.05, 4.69) is 4.72 Å². The number of rotatable bonds is 5. The summed E-state index contributed by atoms with van der Waals surface area (Å²) in [6.07, 6.45) is 0. The van der Waals surface area contributed by atoms with Crippen LogP contribution in [0.1, 0.15) is 12.5 Å². The predicted octanol–water partition coefficient (Wildman–Crippen LogP) is 3.57. The fourth-order valence-corrected chi connectivity index (χ4v) is 3.43. The Bertz CT molecular complexity index is 851. The van der Waals surface area contributed by atoms with E-state index in [1.807, 2.05) is 0 Å². The van der Waals surface area contributed by atoms with Crippen molar-refractivity contribution in [1.82, 2.24) is 4.72 Å². The summed E-state index contributed by atoms with van der Waals surface area (Å²) in [6, 6.07) is 9.33. The lowest BCUT2D eigenvalue weighted by Crippen LogP contribution is -2.40. The number of hydrogen-bond acceptors (Lipinski definition) is 4. The highest BCUT2D eigenvalue weighted by Crippen LogP contribution is 2.22. The minimum atomic E-state index is -3.86. The van der Waals surface area contributed by atoms with Crippen molar-refractivity contribution in [2.45, 2.75) is 24.8 Å². The van der Waals surface area contributed by atoms with Gasteiger partial charge in [0.25, 0.3) is 0 Å². The molecule has 0 amide bonds. The van der Waals surface area contributed by atoms with E-state index >= 15 is 0 Å². The van der Waals surface area contributed by atoms with Crippen LogP contribution in [0.15, 0.2) is 47.4 Å². The van der Waals surface area contributed by atoms with Crippen LogP contribution >= 0.6 is 23.2 Å². The summed E-state index contributed by atoms with van der Waals surface area (Å²) in [5, 5.41) is 0.934. The van der Waals surface area contributed by atoms with Gasteiger partial charge in [-0.1, -0.05) is 23.2 Å². The topological polar surface area (TPSA) is 72.5 Å².